The van der Waals surface area contributed by atoms with Gasteiger partial charge in [0.1, 0.15) is 17.3 Å². The van der Waals surface area contributed by atoms with Crippen LogP contribution in [-0.2, 0) is 6.18 Å². The summed E-state index contributed by atoms with van der Waals surface area (Å²) in [6.07, 6.45) is -4.89. The third-order valence-electron chi connectivity index (χ3n) is 4.52. The highest BCUT2D eigenvalue weighted by Gasteiger charge is 2.38. The van der Waals surface area contributed by atoms with Crippen molar-refractivity contribution in [3.05, 3.63) is 82.7 Å². The van der Waals surface area contributed by atoms with E-state index in [1.807, 2.05) is 0 Å². The number of amides is 2. The van der Waals surface area contributed by atoms with E-state index in [0.29, 0.717) is 6.07 Å². The SMILES string of the molecule is Cc1cc(F)ccc1Oc1c(-c2cccc(C(N)=O)c2)ccc(C(F)(F)F)c1C(N)=O. The summed E-state index contributed by atoms with van der Waals surface area (Å²) in [5, 5.41) is 0. The molecule has 0 spiro atoms. The first kappa shape index (κ1) is 21.8. The number of carbonyl (C=O) groups is 2. The molecule has 0 atom stereocenters. The van der Waals surface area contributed by atoms with Crippen LogP contribution in [0.2, 0.25) is 0 Å². The molecule has 0 saturated carbocycles. The van der Waals surface area contributed by atoms with Gasteiger partial charge in [-0.1, -0.05) is 12.1 Å². The lowest BCUT2D eigenvalue weighted by atomic mass is 9.95. The number of alkyl halides is 3. The standard InChI is InChI=1S/C22H16F4N2O3/c1-11-9-14(23)5-8-17(11)31-19-15(12-3-2-4-13(10-12)20(27)29)6-7-16(22(24,25)26)18(19)21(28)30/h2-10H,1H3,(H2,27,29)(H2,28,30). The first-order valence-electron chi connectivity index (χ1n) is 8.87. The second kappa shape index (κ2) is 8.10. The monoisotopic (exact) mass is 432 g/mol. The molecular formula is C22H16F4N2O3. The Labute approximate surface area is 174 Å². The van der Waals surface area contributed by atoms with E-state index in [-0.39, 0.29) is 28.0 Å². The molecule has 0 unspecified atom stereocenters. The number of ether oxygens (including phenoxy) is 1. The molecule has 0 bridgehead atoms. The molecule has 31 heavy (non-hydrogen) atoms. The van der Waals surface area contributed by atoms with E-state index in [2.05, 4.69) is 0 Å². The van der Waals surface area contributed by atoms with Crippen molar-refractivity contribution in [3.8, 4) is 22.6 Å². The van der Waals surface area contributed by atoms with Gasteiger partial charge in [0.2, 0.25) is 5.91 Å². The molecule has 3 rings (SSSR count). The molecular weight excluding hydrogens is 416 g/mol. The zero-order valence-corrected chi connectivity index (χ0v) is 16.1. The van der Waals surface area contributed by atoms with Crippen LogP contribution in [0.3, 0.4) is 0 Å². The lowest BCUT2D eigenvalue weighted by Gasteiger charge is -2.20. The number of primary amides is 2. The van der Waals surface area contributed by atoms with Gasteiger partial charge in [0.15, 0.2) is 0 Å². The van der Waals surface area contributed by atoms with Crippen LogP contribution in [0.15, 0.2) is 54.6 Å². The predicted octanol–water partition coefficient (Wildman–Crippen LogP) is 4.81. The first-order chi connectivity index (χ1) is 14.5. The van der Waals surface area contributed by atoms with Crippen LogP contribution in [0.25, 0.3) is 11.1 Å². The molecule has 0 aliphatic heterocycles. The Bertz CT molecular complexity index is 1190. The molecule has 4 N–H and O–H groups in total. The molecule has 9 heteroatoms. The average Bonchev–Trinajstić information content (AvgIpc) is 2.68. The van der Waals surface area contributed by atoms with Crippen LogP contribution in [0.1, 0.15) is 31.8 Å². The van der Waals surface area contributed by atoms with E-state index in [9.17, 15) is 27.2 Å². The minimum Gasteiger partial charge on any atom is -0.456 e. The second-order valence-electron chi connectivity index (χ2n) is 6.68. The van der Waals surface area contributed by atoms with Crippen LogP contribution in [0.5, 0.6) is 11.5 Å². The summed E-state index contributed by atoms with van der Waals surface area (Å²) in [6, 6.07) is 11.0. The largest absolute Gasteiger partial charge is 0.456 e. The number of carbonyl (C=O) groups excluding carboxylic acids is 2. The third-order valence-corrected chi connectivity index (χ3v) is 4.52. The van der Waals surface area contributed by atoms with Gasteiger partial charge in [-0.05, 0) is 60.5 Å². The number of halogens is 4. The van der Waals surface area contributed by atoms with Crippen molar-refractivity contribution in [1.29, 1.82) is 0 Å². The van der Waals surface area contributed by atoms with Crippen LogP contribution >= 0.6 is 0 Å². The number of aryl methyl sites for hydroxylation is 1. The summed E-state index contributed by atoms with van der Waals surface area (Å²) < 4.78 is 59.9. The zero-order chi connectivity index (χ0) is 22.9. The fourth-order valence-corrected chi connectivity index (χ4v) is 3.07. The highest BCUT2D eigenvalue weighted by atomic mass is 19.4. The molecule has 3 aromatic carbocycles. The van der Waals surface area contributed by atoms with Crippen molar-refractivity contribution in [2.45, 2.75) is 13.1 Å². The van der Waals surface area contributed by atoms with E-state index in [0.717, 1.165) is 18.2 Å². The minimum atomic E-state index is -4.89. The highest BCUT2D eigenvalue weighted by Crippen LogP contribution is 2.43. The summed E-state index contributed by atoms with van der Waals surface area (Å²) in [7, 11) is 0. The van der Waals surface area contributed by atoms with Crippen LogP contribution < -0.4 is 16.2 Å². The Morgan fingerprint density at radius 2 is 1.65 bits per heavy atom. The Morgan fingerprint density at radius 1 is 0.935 bits per heavy atom. The molecule has 5 nitrogen and oxygen atoms in total. The van der Waals surface area contributed by atoms with Gasteiger partial charge < -0.3 is 16.2 Å². The molecule has 0 aliphatic rings. The van der Waals surface area contributed by atoms with Crippen molar-refractivity contribution in [3.63, 3.8) is 0 Å². The van der Waals surface area contributed by atoms with Crippen molar-refractivity contribution in [2.24, 2.45) is 11.5 Å². The topological polar surface area (TPSA) is 95.4 Å². The fourth-order valence-electron chi connectivity index (χ4n) is 3.07. The minimum absolute atomic E-state index is 0.0236. The molecule has 160 valence electrons. The average molecular weight is 432 g/mol. The second-order valence-corrected chi connectivity index (χ2v) is 6.68. The summed E-state index contributed by atoms with van der Waals surface area (Å²) >= 11 is 0. The van der Waals surface area contributed by atoms with Crippen LogP contribution in [-0.4, -0.2) is 11.8 Å². The van der Waals surface area contributed by atoms with Gasteiger partial charge in [-0.15, -0.1) is 0 Å². The van der Waals surface area contributed by atoms with Crippen LogP contribution in [0, 0.1) is 12.7 Å². The van der Waals surface area contributed by atoms with Gasteiger partial charge in [-0.3, -0.25) is 9.59 Å². The Balaban J connectivity index is 2.33. The Hall–Kier alpha value is -3.88. The van der Waals surface area contributed by atoms with Crippen molar-refractivity contribution in [2.75, 3.05) is 0 Å². The summed E-state index contributed by atoms with van der Waals surface area (Å²) in [5.74, 6) is -3.14. The maximum atomic E-state index is 13.6. The molecule has 0 heterocycles. The number of nitrogens with two attached hydrogens (primary N) is 2. The number of hydrogen-bond donors (Lipinski definition) is 2. The van der Waals surface area contributed by atoms with E-state index in [1.54, 1.807) is 0 Å². The van der Waals surface area contributed by atoms with Gasteiger partial charge >= 0.3 is 6.18 Å². The lowest BCUT2D eigenvalue weighted by molar-refractivity contribution is -0.138. The quantitative estimate of drug-likeness (QED) is 0.567. The smallest absolute Gasteiger partial charge is 0.417 e. The van der Waals surface area contributed by atoms with E-state index in [4.69, 9.17) is 16.2 Å². The fraction of sp³-hybridized carbons (Fsp3) is 0.0909. The molecule has 2 amide bonds. The molecule has 0 aliphatic carbocycles. The van der Waals surface area contributed by atoms with Crippen LogP contribution in [0.4, 0.5) is 17.6 Å². The van der Waals surface area contributed by atoms with Gasteiger partial charge in [-0.2, -0.15) is 13.2 Å². The Morgan fingerprint density at radius 3 is 2.23 bits per heavy atom. The van der Waals surface area contributed by atoms with Gasteiger partial charge in [0, 0.05) is 11.1 Å². The lowest BCUT2D eigenvalue weighted by Crippen LogP contribution is -2.20. The van der Waals surface area contributed by atoms with Gasteiger partial charge in [-0.25, -0.2) is 4.39 Å². The first-order valence-corrected chi connectivity index (χ1v) is 8.87. The molecule has 0 aromatic heterocycles. The number of rotatable bonds is 5. The van der Waals surface area contributed by atoms with Gasteiger partial charge in [0.05, 0.1) is 11.1 Å². The van der Waals surface area contributed by atoms with Crippen molar-refractivity contribution in [1.82, 2.24) is 0 Å². The molecule has 0 fully saturated rings. The molecule has 3 aromatic rings. The van der Waals surface area contributed by atoms with Crippen molar-refractivity contribution < 1.29 is 31.9 Å². The number of benzene rings is 3. The third kappa shape index (κ3) is 4.50. The maximum absolute atomic E-state index is 13.6. The molecule has 0 radical (unpaired) electrons. The number of hydrogen-bond acceptors (Lipinski definition) is 3. The Kier molecular flexibility index (Phi) is 5.70. The summed E-state index contributed by atoms with van der Waals surface area (Å²) in [6.45, 7) is 1.49. The maximum Gasteiger partial charge on any atom is 0.417 e. The van der Waals surface area contributed by atoms with E-state index in [1.165, 1.54) is 37.3 Å². The predicted molar refractivity (Wildman–Crippen MR) is 105 cm³/mol. The van der Waals surface area contributed by atoms with Gasteiger partial charge in [0.25, 0.3) is 5.91 Å². The zero-order valence-electron chi connectivity index (χ0n) is 16.1. The molecule has 0 saturated heterocycles. The van der Waals surface area contributed by atoms with E-state index >= 15 is 0 Å². The van der Waals surface area contributed by atoms with E-state index < -0.39 is 40.7 Å². The van der Waals surface area contributed by atoms with Crippen molar-refractivity contribution >= 4 is 11.8 Å². The summed E-state index contributed by atoms with van der Waals surface area (Å²) in [5.41, 5.74) is 9.12. The highest BCUT2D eigenvalue weighted by molar-refractivity contribution is 6.01. The summed E-state index contributed by atoms with van der Waals surface area (Å²) in [4.78, 5) is 23.6. The normalized spacial score (nSPS) is 11.3.